The van der Waals surface area contributed by atoms with E-state index in [1.165, 1.54) is 0 Å². The lowest BCUT2D eigenvalue weighted by Gasteiger charge is -2.39. The quantitative estimate of drug-likeness (QED) is 0.815. The number of ether oxygens (including phenoxy) is 1. The second kappa shape index (κ2) is 6.82. The molecule has 0 amide bonds. The summed E-state index contributed by atoms with van der Waals surface area (Å²) in [7, 11) is -1.86. The molecule has 23 heavy (non-hydrogen) atoms. The average Bonchev–Trinajstić information content (AvgIpc) is 2.83. The molecule has 1 saturated heterocycles. The lowest BCUT2D eigenvalue weighted by molar-refractivity contribution is 0.131. The van der Waals surface area contributed by atoms with Gasteiger partial charge in [0.2, 0.25) is 0 Å². The number of hydrogen-bond donors (Lipinski definition) is 1. The zero-order valence-electron chi connectivity index (χ0n) is 14.4. The highest BCUT2D eigenvalue weighted by atomic mass is 35.5. The second-order valence-electron chi connectivity index (χ2n) is 7.55. The summed E-state index contributed by atoms with van der Waals surface area (Å²) in [5, 5.41) is 13.2. The number of halogens is 1. The van der Waals surface area contributed by atoms with E-state index in [4.69, 9.17) is 26.0 Å². The first-order valence-electron chi connectivity index (χ1n) is 7.85. The normalized spacial score (nSPS) is 22.0. The zero-order valence-corrected chi connectivity index (χ0v) is 16.2. The van der Waals surface area contributed by atoms with Gasteiger partial charge in [-0.3, -0.25) is 0 Å². The molecule has 1 aliphatic rings. The van der Waals surface area contributed by atoms with Crippen molar-refractivity contribution < 1.29 is 9.16 Å². The molecule has 2 unspecified atom stereocenters. The Morgan fingerprint density at radius 1 is 1.30 bits per heavy atom. The van der Waals surface area contributed by atoms with E-state index in [0.717, 1.165) is 5.69 Å². The zero-order chi connectivity index (χ0) is 17.3. The first kappa shape index (κ1) is 18.3. The average molecular weight is 353 g/mol. The Morgan fingerprint density at radius 3 is 2.61 bits per heavy atom. The van der Waals surface area contributed by atoms with Crippen LogP contribution in [-0.4, -0.2) is 33.7 Å². The van der Waals surface area contributed by atoms with Crippen LogP contribution in [0.1, 0.15) is 26.3 Å². The van der Waals surface area contributed by atoms with Gasteiger partial charge in [0.15, 0.2) is 8.32 Å². The Morgan fingerprint density at radius 2 is 2.00 bits per heavy atom. The largest absolute Gasteiger partial charge is 0.409 e. The summed E-state index contributed by atoms with van der Waals surface area (Å²) < 4.78 is 12.1. The summed E-state index contributed by atoms with van der Waals surface area (Å²) in [6, 6.07) is 7.46. The van der Waals surface area contributed by atoms with Crippen LogP contribution in [0.2, 0.25) is 23.2 Å². The standard InChI is InChI=1S/C17H25ClN2O2Si/c1-17(2,3)23(4,5)22-16-11-21-10-15(16)20-14-7-12(9-19)6-13(18)8-14/h6-8,15-16,20H,10-11H2,1-5H3. The molecule has 0 aliphatic carbocycles. The fraction of sp³-hybridized carbons (Fsp3) is 0.588. The minimum absolute atomic E-state index is 0.0143. The van der Waals surface area contributed by atoms with Crippen molar-refractivity contribution in [3.8, 4) is 6.07 Å². The maximum atomic E-state index is 9.06. The van der Waals surface area contributed by atoms with Gasteiger partial charge in [0.05, 0.1) is 37.0 Å². The van der Waals surface area contributed by atoms with Crippen molar-refractivity contribution in [2.24, 2.45) is 0 Å². The number of hydrogen-bond acceptors (Lipinski definition) is 4. The van der Waals surface area contributed by atoms with Gasteiger partial charge < -0.3 is 14.5 Å². The van der Waals surface area contributed by atoms with Crippen LogP contribution in [-0.2, 0) is 9.16 Å². The molecule has 1 fully saturated rings. The van der Waals surface area contributed by atoms with E-state index in [1.54, 1.807) is 12.1 Å². The maximum absolute atomic E-state index is 9.06. The van der Waals surface area contributed by atoms with Crippen LogP contribution in [0.25, 0.3) is 0 Å². The molecule has 1 aromatic carbocycles. The van der Waals surface area contributed by atoms with E-state index in [2.05, 4.69) is 45.3 Å². The topological polar surface area (TPSA) is 54.3 Å². The number of nitrogens with one attached hydrogen (secondary N) is 1. The van der Waals surface area contributed by atoms with E-state index in [-0.39, 0.29) is 17.2 Å². The van der Waals surface area contributed by atoms with Crippen LogP contribution in [0.15, 0.2) is 18.2 Å². The smallest absolute Gasteiger partial charge is 0.192 e. The molecule has 0 aromatic heterocycles. The van der Waals surface area contributed by atoms with Crippen molar-refractivity contribution in [1.82, 2.24) is 0 Å². The molecule has 1 aliphatic heterocycles. The molecule has 0 spiro atoms. The summed E-state index contributed by atoms with van der Waals surface area (Å²) in [5.41, 5.74) is 1.37. The second-order valence-corrected chi connectivity index (χ2v) is 12.7. The summed E-state index contributed by atoms with van der Waals surface area (Å²) >= 11 is 6.07. The third-order valence-corrected chi connectivity index (χ3v) is 9.38. The summed E-state index contributed by atoms with van der Waals surface area (Å²) in [5.74, 6) is 0. The van der Waals surface area contributed by atoms with Crippen LogP contribution >= 0.6 is 11.6 Å². The molecule has 0 saturated carbocycles. The van der Waals surface area contributed by atoms with Gasteiger partial charge in [0, 0.05) is 10.7 Å². The van der Waals surface area contributed by atoms with Gasteiger partial charge in [-0.15, -0.1) is 0 Å². The third-order valence-electron chi connectivity index (χ3n) is 4.66. The highest BCUT2D eigenvalue weighted by Crippen LogP contribution is 2.38. The van der Waals surface area contributed by atoms with Crippen molar-refractivity contribution in [1.29, 1.82) is 5.26 Å². The molecule has 4 nitrogen and oxygen atoms in total. The first-order valence-corrected chi connectivity index (χ1v) is 11.1. The van der Waals surface area contributed by atoms with E-state index >= 15 is 0 Å². The van der Waals surface area contributed by atoms with E-state index in [1.807, 2.05) is 6.07 Å². The van der Waals surface area contributed by atoms with Gasteiger partial charge in [0.25, 0.3) is 0 Å². The number of nitrogens with zero attached hydrogens (tertiary/aromatic N) is 1. The first-order chi connectivity index (χ1) is 10.6. The van der Waals surface area contributed by atoms with Crippen molar-refractivity contribution in [3.05, 3.63) is 28.8 Å². The summed E-state index contributed by atoms with van der Waals surface area (Å²) in [6.45, 7) is 12.4. The van der Waals surface area contributed by atoms with Gasteiger partial charge in [-0.05, 0) is 36.3 Å². The van der Waals surface area contributed by atoms with Gasteiger partial charge in [-0.1, -0.05) is 32.4 Å². The SMILES string of the molecule is CC(C)(C)[Si](C)(C)OC1COCC1Nc1cc(Cl)cc(C#N)c1. The van der Waals surface area contributed by atoms with Crippen LogP contribution in [0.3, 0.4) is 0 Å². The molecule has 1 N–H and O–H groups in total. The highest BCUT2D eigenvalue weighted by Gasteiger charge is 2.42. The Bertz CT molecular complexity index is 608. The fourth-order valence-electron chi connectivity index (χ4n) is 2.29. The Kier molecular flexibility index (Phi) is 5.42. The predicted molar refractivity (Wildman–Crippen MR) is 96.5 cm³/mol. The van der Waals surface area contributed by atoms with Crippen LogP contribution in [0, 0.1) is 11.3 Å². The Hall–Kier alpha value is -1.06. The van der Waals surface area contributed by atoms with Crippen LogP contribution < -0.4 is 5.32 Å². The minimum Gasteiger partial charge on any atom is -0.409 e. The number of nitriles is 1. The van der Waals surface area contributed by atoms with Crippen molar-refractivity contribution in [3.63, 3.8) is 0 Å². The van der Waals surface area contributed by atoms with Crippen molar-refractivity contribution in [2.45, 2.75) is 51.0 Å². The summed E-state index contributed by atoms with van der Waals surface area (Å²) in [6.07, 6.45) is 0.0143. The van der Waals surface area contributed by atoms with Gasteiger partial charge in [0.1, 0.15) is 0 Å². The molecule has 0 bridgehead atoms. The van der Waals surface area contributed by atoms with Gasteiger partial charge in [-0.2, -0.15) is 5.26 Å². The Balaban J connectivity index is 2.11. The number of anilines is 1. The molecular weight excluding hydrogens is 328 g/mol. The van der Waals surface area contributed by atoms with Crippen molar-refractivity contribution in [2.75, 3.05) is 18.5 Å². The minimum atomic E-state index is -1.86. The predicted octanol–water partition coefficient (Wildman–Crippen LogP) is 4.41. The molecule has 0 radical (unpaired) electrons. The van der Waals surface area contributed by atoms with Gasteiger partial charge >= 0.3 is 0 Å². The molecule has 6 heteroatoms. The number of rotatable bonds is 4. The number of benzene rings is 1. The molecular formula is C17H25ClN2O2Si. The van der Waals surface area contributed by atoms with E-state index in [9.17, 15) is 0 Å². The maximum Gasteiger partial charge on any atom is 0.192 e. The monoisotopic (exact) mass is 352 g/mol. The molecule has 2 atom stereocenters. The van der Waals surface area contributed by atoms with Crippen molar-refractivity contribution >= 4 is 25.6 Å². The van der Waals surface area contributed by atoms with Crippen LogP contribution in [0.4, 0.5) is 5.69 Å². The summed E-state index contributed by atoms with van der Waals surface area (Å²) in [4.78, 5) is 0. The lowest BCUT2D eigenvalue weighted by atomic mass is 10.1. The molecule has 126 valence electrons. The van der Waals surface area contributed by atoms with Gasteiger partial charge in [-0.25, -0.2) is 0 Å². The lowest BCUT2D eigenvalue weighted by Crippen LogP contribution is -2.48. The van der Waals surface area contributed by atoms with E-state index in [0.29, 0.717) is 23.8 Å². The third kappa shape index (κ3) is 4.48. The van der Waals surface area contributed by atoms with E-state index < -0.39 is 8.32 Å². The fourth-order valence-corrected chi connectivity index (χ4v) is 3.87. The van der Waals surface area contributed by atoms with Crippen LogP contribution in [0.5, 0.6) is 0 Å². The molecule has 1 heterocycles. The highest BCUT2D eigenvalue weighted by molar-refractivity contribution is 6.74. The Labute approximate surface area is 144 Å². The molecule has 2 rings (SSSR count). The molecule has 1 aromatic rings.